The largest absolute Gasteiger partial charge is 0.457 e. The van der Waals surface area contributed by atoms with Gasteiger partial charge in [-0.1, -0.05) is 206 Å². The minimum Gasteiger partial charge on any atom is -0.457 e. The van der Waals surface area contributed by atoms with Gasteiger partial charge in [0, 0.05) is 44.5 Å². The minimum atomic E-state index is -0.543. The van der Waals surface area contributed by atoms with Crippen LogP contribution in [0.4, 0.5) is 17.1 Å². The van der Waals surface area contributed by atoms with Crippen LogP contribution >= 0.6 is 0 Å². The number of hydrogen-bond donors (Lipinski definition) is 0. The van der Waals surface area contributed by atoms with Gasteiger partial charge in [0.25, 0.3) is 0 Å². The Labute approximate surface area is 406 Å². The monoisotopic (exact) mass is 893 g/mol. The predicted octanol–water partition coefficient (Wildman–Crippen LogP) is 18.2. The molecule has 1 aliphatic heterocycles. The Kier molecular flexibility index (Phi) is 9.11. The van der Waals surface area contributed by atoms with Crippen molar-refractivity contribution in [3.05, 3.63) is 283 Å². The summed E-state index contributed by atoms with van der Waals surface area (Å²) in [6.07, 6.45) is 0. The zero-order chi connectivity index (χ0) is 46.2. The lowest BCUT2D eigenvalue weighted by atomic mass is 9.64. The van der Waals surface area contributed by atoms with E-state index in [2.05, 4.69) is 254 Å². The molecule has 0 radical (unpaired) electrons. The van der Waals surface area contributed by atoms with Crippen molar-refractivity contribution in [1.29, 1.82) is 0 Å². The van der Waals surface area contributed by atoms with Gasteiger partial charge in [0.05, 0.1) is 5.41 Å². The summed E-state index contributed by atoms with van der Waals surface area (Å²) in [6, 6.07) is 93.9. The van der Waals surface area contributed by atoms with Gasteiger partial charge in [0.2, 0.25) is 0 Å². The smallest absolute Gasteiger partial charge is 0.143 e. The van der Waals surface area contributed by atoms with Crippen LogP contribution in [0.3, 0.4) is 0 Å². The zero-order valence-corrected chi connectivity index (χ0v) is 38.1. The molecule has 1 aromatic heterocycles. The Bertz CT molecular complexity index is 3900. The summed E-state index contributed by atoms with van der Waals surface area (Å²) >= 11 is 0. The van der Waals surface area contributed by atoms with Crippen LogP contribution in [-0.4, -0.2) is 0 Å². The number of rotatable bonds is 7. The maximum Gasteiger partial charge on any atom is 0.143 e. The number of anilines is 3. The standard InChI is InChI=1S/C67H43NO2/c1-2-14-44(15-3-1)46-32-38-50(39-33-46)68(52-42-36-49(37-43-52)54-19-13-21-58-56-17-5-9-25-62(56)70-66(54)58)51-40-34-47(35-41-51)45-28-30-48(31-29-45)53-18-12-20-57-55-16-4-6-22-59(55)67(65(53)57)60-23-7-10-26-63(60)69-64-27-11-8-24-61(64)67/h1-43H. The van der Waals surface area contributed by atoms with E-state index in [0.29, 0.717) is 0 Å². The fourth-order valence-electron chi connectivity index (χ4n) is 11.4. The maximum absolute atomic E-state index is 6.64. The Morgan fingerprint density at radius 1 is 0.286 bits per heavy atom. The number of benzene rings is 11. The van der Waals surface area contributed by atoms with E-state index in [1.807, 2.05) is 12.1 Å². The topological polar surface area (TPSA) is 25.6 Å². The fraction of sp³-hybridized carbons (Fsp3) is 0.0149. The van der Waals surface area contributed by atoms with Crippen molar-refractivity contribution >= 4 is 39.0 Å². The average molecular weight is 894 g/mol. The molecule has 0 N–H and O–H groups in total. The van der Waals surface area contributed by atoms with Gasteiger partial charge in [-0.2, -0.15) is 0 Å². The molecule has 14 rings (SSSR count). The highest BCUT2D eigenvalue weighted by atomic mass is 16.5. The molecule has 0 unspecified atom stereocenters. The maximum atomic E-state index is 6.64. The van der Waals surface area contributed by atoms with Gasteiger partial charge in [-0.25, -0.2) is 0 Å². The second-order valence-corrected chi connectivity index (χ2v) is 18.3. The van der Waals surface area contributed by atoms with E-state index >= 15 is 0 Å². The number of nitrogens with zero attached hydrogens (tertiary/aromatic N) is 1. The van der Waals surface area contributed by atoms with Crippen molar-refractivity contribution < 1.29 is 9.15 Å². The van der Waals surface area contributed by atoms with E-state index in [1.54, 1.807) is 0 Å². The summed E-state index contributed by atoms with van der Waals surface area (Å²) in [6.45, 7) is 0. The van der Waals surface area contributed by atoms with Crippen molar-refractivity contribution in [1.82, 2.24) is 0 Å². The van der Waals surface area contributed by atoms with Crippen molar-refractivity contribution in [2.24, 2.45) is 0 Å². The molecule has 0 saturated carbocycles. The quantitative estimate of drug-likeness (QED) is 0.159. The van der Waals surface area contributed by atoms with Crippen LogP contribution < -0.4 is 9.64 Å². The van der Waals surface area contributed by atoms with Crippen LogP contribution in [-0.2, 0) is 5.41 Å². The number of para-hydroxylation sites is 4. The fourth-order valence-corrected chi connectivity index (χ4v) is 11.4. The molecular formula is C67H43NO2. The molecule has 0 atom stereocenters. The van der Waals surface area contributed by atoms with Gasteiger partial charge < -0.3 is 14.1 Å². The lowest BCUT2D eigenvalue weighted by Gasteiger charge is -2.40. The summed E-state index contributed by atoms with van der Waals surface area (Å²) in [5.74, 6) is 1.79. The molecule has 1 aliphatic carbocycles. The van der Waals surface area contributed by atoms with Gasteiger partial charge >= 0.3 is 0 Å². The van der Waals surface area contributed by atoms with Gasteiger partial charge in [-0.15, -0.1) is 0 Å². The first kappa shape index (κ1) is 39.9. The van der Waals surface area contributed by atoms with Gasteiger partial charge in [0.1, 0.15) is 22.7 Å². The average Bonchev–Trinajstić information content (AvgIpc) is 3.96. The zero-order valence-electron chi connectivity index (χ0n) is 38.1. The van der Waals surface area contributed by atoms with Crippen LogP contribution in [0.5, 0.6) is 11.5 Å². The van der Waals surface area contributed by atoms with Gasteiger partial charge in [-0.3, -0.25) is 0 Å². The second-order valence-electron chi connectivity index (χ2n) is 18.3. The summed E-state index contributed by atoms with van der Waals surface area (Å²) in [5, 5.41) is 2.26. The molecule has 2 heterocycles. The van der Waals surface area contributed by atoms with Crippen molar-refractivity contribution in [2.75, 3.05) is 4.90 Å². The van der Waals surface area contributed by atoms with Crippen LogP contribution in [0.25, 0.3) is 77.6 Å². The second kappa shape index (κ2) is 16.0. The highest BCUT2D eigenvalue weighted by molar-refractivity contribution is 6.09. The van der Waals surface area contributed by atoms with E-state index < -0.39 is 5.41 Å². The lowest BCUT2D eigenvalue weighted by Crippen LogP contribution is -2.32. The van der Waals surface area contributed by atoms with Crippen molar-refractivity contribution in [2.45, 2.75) is 5.41 Å². The first-order valence-corrected chi connectivity index (χ1v) is 24.0. The molecular weight excluding hydrogens is 851 g/mol. The van der Waals surface area contributed by atoms with Crippen LogP contribution in [0.2, 0.25) is 0 Å². The SMILES string of the molecule is c1ccc(-c2ccc(N(c3ccc(-c4ccc(-c5cccc6c5C5(c7ccccc7Oc7ccccc75)c5ccccc5-6)cc4)cc3)c3ccc(-c4cccc5c4oc4ccccc45)cc3)cc2)cc1. The molecule has 70 heavy (non-hydrogen) atoms. The molecule has 12 aromatic rings. The Morgan fingerprint density at radius 2 is 0.714 bits per heavy atom. The summed E-state index contributed by atoms with van der Waals surface area (Å²) in [5.41, 5.74) is 21.2. The molecule has 0 saturated heterocycles. The number of furan rings is 1. The van der Waals surface area contributed by atoms with Gasteiger partial charge in [-0.05, 0) is 116 Å². The van der Waals surface area contributed by atoms with E-state index in [9.17, 15) is 0 Å². The number of hydrogen-bond acceptors (Lipinski definition) is 3. The molecule has 1 spiro atoms. The van der Waals surface area contributed by atoms with E-state index in [1.165, 1.54) is 55.6 Å². The lowest BCUT2D eigenvalue weighted by molar-refractivity contribution is 0.436. The summed E-state index contributed by atoms with van der Waals surface area (Å²) < 4.78 is 13.1. The molecule has 0 bridgehead atoms. The molecule has 0 fully saturated rings. The number of fused-ring (bicyclic) bond motifs is 12. The highest BCUT2D eigenvalue weighted by Crippen LogP contribution is 2.63. The first-order chi connectivity index (χ1) is 34.7. The Balaban J connectivity index is 0.829. The molecule has 3 heteroatoms. The van der Waals surface area contributed by atoms with Crippen molar-refractivity contribution in [3.63, 3.8) is 0 Å². The molecule has 2 aliphatic rings. The van der Waals surface area contributed by atoms with E-state index in [0.717, 1.165) is 72.8 Å². The van der Waals surface area contributed by atoms with Crippen LogP contribution in [0.1, 0.15) is 22.3 Å². The molecule has 3 nitrogen and oxygen atoms in total. The van der Waals surface area contributed by atoms with E-state index in [-0.39, 0.29) is 0 Å². The highest BCUT2D eigenvalue weighted by Gasteiger charge is 2.52. The third-order valence-electron chi connectivity index (χ3n) is 14.6. The number of ether oxygens (including phenoxy) is 1. The molecule has 328 valence electrons. The Hall–Kier alpha value is -9.18. The third kappa shape index (κ3) is 6.15. The summed E-state index contributed by atoms with van der Waals surface area (Å²) in [4.78, 5) is 2.34. The van der Waals surface area contributed by atoms with Crippen LogP contribution in [0.15, 0.2) is 265 Å². The first-order valence-electron chi connectivity index (χ1n) is 24.0. The third-order valence-corrected chi connectivity index (χ3v) is 14.6. The molecule has 11 aromatic carbocycles. The summed E-state index contributed by atoms with van der Waals surface area (Å²) in [7, 11) is 0. The normalized spacial score (nSPS) is 12.8. The van der Waals surface area contributed by atoms with Gasteiger partial charge in [0.15, 0.2) is 0 Å². The predicted molar refractivity (Wildman–Crippen MR) is 288 cm³/mol. The van der Waals surface area contributed by atoms with E-state index in [4.69, 9.17) is 9.15 Å². The van der Waals surface area contributed by atoms with Crippen molar-refractivity contribution in [3.8, 4) is 67.1 Å². The van der Waals surface area contributed by atoms with Crippen LogP contribution in [0, 0.1) is 0 Å². The minimum absolute atomic E-state index is 0.543. The Morgan fingerprint density at radius 3 is 1.37 bits per heavy atom. The molecule has 0 amide bonds.